The molecule has 0 spiro atoms. The Morgan fingerprint density at radius 3 is 2.38 bits per heavy atom. The maximum atomic E-state index is 12.2. The van der Waals surface area contributed by atoms with Crippen LogP contribution in [-0.4, -0.2) is 33.3 Å². The number of hydrazone groups is 1. The van der Waals surface area contributed by atoms with Crippen LogP contribution < -0.4 is 9.73 Å². The van der Waals surface area contributed by atoms with Crippen LogP contribution in [0.2, 0.25) is 5.02 Å². The summed E-state index contributed by atoms with van der Waals surface area (Å²) in [5.41, 5.74) is 5.22. The number of hydrogen-bond acceptors (Lipinski definition) is 4. The van der Waals surface area contributed by atoms with E-state index in [0.717, 1.165) is 21.7 Å². The molecule has 8 heteroatoms. The second-order valence-corrected chi connectivity index (χ2v) is 8.24. The van der Waals surface area contributed by atoms with Crippen LogP contribution in [0, 0.1) is 13.8 Å². The number of carbonyl (C=O) groups excluding carboxylic acids is 1. The quantitative estimate of drug-likeness (QED) is 0.605. The Bertz CT molecular complexity index is 922. The summed E-state index contributed by atoms with van der Waals surface area (Å²) >= 11 is 6.00. The van der Waals surface area contributed by atoms with Gasteiger partial charge in [-0.05, 0) is 43.2 Å². The minimum atomic E-state index is -3.63. The molecule has 138 valence electrons. The van der Waals surface area contributed by atoms with E-state index in [9.17, 15) is 13.2 Å². The number of benzene rings is 2. The van der Waals surface area contributed by atoms with Gasteiger partial charge in [0.25, 0.3) is 5.91 Å². The third-order valence-corrected chi connectivity index (χ3v) is 4.96. The minimum Gasteiger partial charge on any atom is -0.271 e. The SMILES string of the molecule is Cc1cc(C)cc(N(CC(=O)N/N=C\c2ccccc2Cl)S(C)(=O)=O)c1. The maximum Gasteiger partial charge on any atom is 0.260 e. The van der Waals surface area contributed by atoms with E-state index >= 15 is 0 Å². The highest BCUT2D eigenvalue weighted by Crippen LogP contribution is 2.21. The molecular weight excluding hydrogens is 374 g/mol. The van der Waals surface area contributed by atoms with Crippen LogP contribution >= 0.6 is 11.6 Å². The van der Waals surface area contributed by atoms with Crippen LogP contribution in [0.5, 0.6) is 0 Å². The van der Waals surface area contributed by atoms with Gasteiger partial charge in [-0.2, -0.15) is 5.10 Å². The van der Waals surface area contributed by atoms with Gasteiger partial charge in [0.05, 0.1) is 18.2 Å². The highest BCUT2D eigenvalue weighted by atomic mass is 35.5. The second-order valence-electron chi connectivity index (χ2n) is 5.93. The van der Waals surface area contributed by atoms with Gasteiger partial charge in [-0.15, -0.1) is 0 Å². The summed E-state index contributed by atoms with van der Waals surface area (Å²) in [5, 5.41) is 4.33. The molecule has 1 N–H and O–H groups in total. The zero-order valence-electron chi connectivity index (χ0n) is 14.7. The van der Waals surface area contributed by atoms with Crippen LogP contribution in [-0.2, 0) is 14.8 Å². The average Bonchev–Trinajstić information content (AvgIpc) is 2.52. The summed E-state index contributed by atoms with van der Waals surface area (Å²) in [4.78, 5) is 12.2. The summed E-state index contributed by atoms with van der Waals surface area (Å²) in [6, 6.07) is 12.4. The van der Waals surface area contributed by atoms with Crippen molar-refractivity contribution in [2.45, 2.75) is 13.8 Å². The molecule has 0 radical (unpaired) electrons. The van der Waals surface area contributed by atoms with Crippen LogP contribution in [0.4, 0.5) is 5.69 Å². The molecule has 2 aromatic carbocycles. The number of hydrogen-bond donors (Lipinski definition) is 1. The Balaban J connectivity index is 2.14. The van der Waals surface area contributed by atoms with Crippen molar-refractivity contribution in [2.75, 3.05) is 17.1 Å². The fourth-order valence-electron chi connectivity index (χ4n) is 2.41. The predicted molar refractivity (Wildman–Crippen MR) is 105 cm³/mol. The predicted octanol–water partition coefficient (Wildman–Crippen LogP) is 2.87. The number of anilines is 1. The first-order chi connectivity index (χ1) is 12.2. The molecule has 0 aliphatic heterocycles. The highest BCUT2D eigenvalue weighted by molar-refractivity contribution is 7.92. The third-order valence-electron chi connectivity index (χ3n) is 3.48. The average molecular weight is 394 g/mol. The maximum absolute atomic E-state index is 12.2. The molecule has 1 amide bonds. The monoisotopic (exact) mass is 393 g/mol. The lowest BCUT2D eigenvalue weighted by Crippen LogP contribution is -2.39. The number of nitrogens with one attached hydrogen (secondary N) is 1. The molecule has 0 unspecified atom stereocenters. The molecule has 0 aliphatic rings. The van der Waals surface area contributed by atoms with E-state index in [2.05, 4.69) is 10.5 Å². The lowest BCUT2D eigenvalue weighted by atomic mass is 10.1. The molecular formula is C18H20ClN3O3S. The van der Waals surface area contributed by atoms with Crippen molar-refractivity contribution in [3.63, 3.8) is 0 Å². The number of nitrogens with zero attached hydrogens (tertiary/aromatic N) is 2. The van der Waals surface area contributed by atoms with Gasteiger partial charge in [0.15, 0.2) is 0 Å². The van der Waals surface area contributed by atoms with Gasteiger partial charge >= 0.3 is 0 Å². The molecule has 0 bridgehead atoms. The van der Waals surface area contributed by atoms with E-state index in [0.29, 0.717) is 16.3 Å². The lowest BCUT2D eigenvalue weighted by molar-refractivity contribution is -0.119. The second kappa shape index (κ2) is 8.33. The fraction of sp³-hybridized carbons (Fsp3) is 0.222. The Kier molecular flexibility index (Phi) is 6.39. The van der Waals surface area contributed by atoms with Crippen molar-refractivity contribution in [1.82, 2.24) is 5.43 Å². The number of carbonyl (C=O) groups is 1. The first kappa shape index (κ1) is 19.9. The number of sulfonamides is 1. The molecule has 0 saturated heterocycles. The zero-order valence-corrected chi connectivity index (χ0v) is 16.3. The molecule has 2 aromatic rings. The number of rotatable bonds is 6. The van der Waals surface area contributed by atoms with Gasteiger partial charge in [-0.3, -0.25) is 9.10 Å². The highest BCUT2D eigenvalue weighted by Gasteiger charge is 2.21. The van der Waals surface area contributed by atoms with Gasteiger partial charge in [0.1, 0.15) is 6.54 Å². The topological polar surface area (TPSA) is 78.8 Å². The van der Waals surface area contributed by atoms with E-state index in [-0.39, 0.29) is 6.54 Å². The van der Waals surface area contributed by atoms with Crippen molar-refractivity contribution in [3.8, 4) is 0 Å². The molecule has 0 aliphatic carbocycles. The Labute approximate surface area is 158 Å². The molecule has 0 atom stereocenters. The van der Waals surface area contributed by atoms with Gasteiger partial charge in [-0.1, -0.05) is 35.9 Å². The molecule has 0 fully saturated rings. The van der Waals surface area contributed by atoms with E-state index in [1.165, 1.54) is 6.21 Å². The van der Waals surface area contributed by atoms with Crippen molar-refractivity contribution in [3.05, 3.63) is 64.2 Å². The van der Waals surface area contributed by atoms with Gasteiger partial charge in [0.2, 0.25) is 10.0 Å². The number of aryl methyl sites for hydroxylation is 2. The smallest absolute Gasteiger partial charge is 0.260 e. The number of amides is 1. The van der Waals surface area contributed by atoms with E-state index in [1.54, 1.807) is 36.4 Å². The van der Waals surface area contributed by atoms with Gasteiger partial charge < -0.3 is 0 Å². The Hall–Kier alpha value is -2.38. The standard InChI is InChI=1S/C18H20ClN3O3S/c1-13-8-14(2)10-16(9-13)22(26(3,24)25)12-18(23)21-20-11-15-6-4-5-7-17(15)19/h4-11H,12H2,1-3H3,(H,21,23)/b20-11-. The van der Waals surface area contributed by atoms with Gasteiger partial charge in [-0.25, -0.2) is 13.8 Å². The summed E-state index contributed by atoms with van der Waals surface area (Å²) in [6.07, 6.45) is 2.47. The van der Waals surface area contributed by atoms with Gasteiger partial charge in [0, 0.05) is 10.6 Å². The molecule has 26 heavy (non-hydrogen) atoms. The molecule has 0 aromatic heterocycles. The number of halogens is 1. The first-order valence-corrected chi connectivity index (χ1v) is 10.0. The third kappa shape index (κ3) is 5.57. The van der Waals surface area contributed by atoms with E-state index < -0.39 is 15.9 Å². The van der Waals surface area contributed by atoms with Crippen LogP contribution in [0.3, 0.4) is 0 Å². The van der Waals surface area contributed by atoms with Crippen LogP contribution in [0.1, 0.15) is 16.7 Å². The lowest BCUT2D eigenvalue weighted by Gasteiger charge is -2.22. The van der Waals surface area contributed by atoms with Crippen LogP contribution in [0.25, 0.3) is 0 Å². The summed E-state index contributed by atoms with van der Waals surface area (Å²) in [7, 11) is -3.63. The Morgan fingerprint density at radius 1 is 1.19 bits per heavy atom. The van der Waals surface area contributed by atoms with Crippen molar-refractivity contribution in [2.24, 2.45) is 5.10 Å². The van der Waals surface area contributed by atoms with Crippen molar-refractivity contribution < 1.29 is 13.2 Å². The summed E-state index contributed by atoms with van der Waals surface area (Å²) < 4.78 is 25.3. The van der Waals surface area contributed by atoms with Crippen molar-refractivity contribution >= 4 is 39.4 Å². The molecule has 2 rings (SSSR count). The first-order valence-electron chi connectivity index (χ1n) is 7.79. The van der Waals surface area contributed by atoms with Crippen LogP contribution in [0.15, 0.2) is 47.6 Å². The Morgan fingerprint density at radius 2 is 1.81 bits per heavy atom. The normalized spacial score (nSPS) is 11.5. The van der Waals surface area contributed by atoms with E-state index in [1.807, 2.05) is 19.9 Å². The summed E-state index contributed by atoms with van der Waals surface area (Å²) in [6.45, 7) is 3.36. The largest absolute Gasteiger partial charge is 0.271 e. The molecule has 0 saturated carbocycles. The van der Waals surface area contributed by atoms with Crippen molar-refractivity contribution in [1.29, 1.82) is 0 Å². The molecule has 6 nitrogen and oxygen atoms in total. The van der Waals surface area contributed by atoms with E-state index in [4.69, 9.17) is 11.6 Å². The molecule has 0 heterocycles. The zero-order chi connectivity index (χ0) is 19.3. The minimum absolute atomic E-state index is 0.373. The summed E-state index contributed by atoms with van der Waals surface area (Å²) in [5.74, 6) is -0.558. The fourth-order valence-corrected chi connectivity index (χ4v) is 3.44.